The molecule has 0 saturated carbocycles. The van der Waals surface area contributed by atoms with E-state index in [1.54, 1.807) is 0 Å². The summed E-state index contributed by atoms with van der Waals surface area (Å²) in [6, 6.07) is 4.50. The van der Waals surface area contributed by atoms with E-state index < -0.39 is 16.1 Å². The Balaban J connectivity index is 2.14. The quantitative estimate of drug-likeness (QED) is 0.658. The van der Waals surface area contributed by atoms with Crippen LogP contribution in [-0.2, 0) is 23.3 Å². The lowest BCUT2D eigenvalue weighted by atomic mass is 9.97. The number of primary amides is 1. The molecule has 2 heterocycles. The average Bonchev–Trinajstić information content (AvgIpc) is 3.05. The van der Waals surface area contributed by atoms with Crippen molar-refractivity contribution in [2.24, 2.45) is 10.9 Å². The van der Waals surface area contributed by atoms with Gasteiger partial charge in [0.1, 0.15) is 0 Å². The van der Waals surface area contributed by atoms with Gasteiger partial charge in [-0.1, -0.05) is 6.07 Å². The number of rotatable bonds is 4. The maximum Gasteiger partial charge on any atom is 0.277 e. The summed E-state index contributed by atoms with van der Waals surface area (Å²) in [7, 11) is -3.85. The van der Waals surface area contributed by atoms with Gasteiger partial charge >= 0.3 is 0 Å². The van der Waals surface area contributed by atoms with Crippen LogP contribution >= 0.6 is 0 Å². The molecule has 10 heteroatoms. The van der Waals surface area contributed by atoms with Crippen LogP contribution in [-0.4, -0.2) is 34.6 Å². The monoisotopic (exact) mass is 349 g/mol. The summed E-state index contributed by atoms with van der Waals surface area (Å²) < 4.78 is 24.1. The predicted molar refractivity (Wildman–Crippen MR) is 84.9 cm³/mol. The number of amides is 1. The first kappa shape index (κ1) is 16.3. The average molecular weight is 349 g/mol. The van der Waals surface area contributed by atoms with Gasteiger partial charge in [-0.25, -0.2) is 5.14 Å². The number of carbonyl (C=O) groups is 2. The number of aromatic nitrogens is 2. The zero-order valence-corrected chi connectivity index (χ0v) is 13.6. The minimum Gasteiger partial charge on any atom is -0.366 e. The molecule has 1 aromatic heterocycles. The van der Waals surface area contributed by atoms with Crippen LogP contribution in [0.3, 0.4) is 0 Å². The Morgan fingerprint density at radius 2 is 2.00 bits per heavy atom. The molecule has 0 atom stereocenters. The van der Waals surface area contributed by atoms with Gasteiger partial charge in [-0.2, -0.15) is 17.8 Å². The van der Waals surface area contributed by atoms with Crippen molar-refractivity contribution in [3.8, 4) is 11.3 Å². The molecule has 9 nitrogen and oxygen atoms in total. The molecule has 0 saturated heterocycles. The number of Topliss-reactive ketones (excluding diaryl/α,β-unsaturated/α-hetero) is 1. The smallest absolute Gasteiger partial charge is 0.277 e. The second-order valence-corrected chi connectivity index (χ2v) is 7.07. The fourth-order valence-corrected chi connectivity index (χ4v) is 3.31. The van der Waals surface area contributed by atoms with Crippen LogP contribution in [0, 0.1) is 0 Å². The van der Waals surface area contributed by atoms with Gasteiger partial charge in [-0.15, -0.1) is 0 Å². The number of ketones is 1. The fourth-order valence-electron chi connectivity index (χ4n) is 2.69. The molecule has 1 amide bonds. The van der Waals surface area contributed by atoms with Gasteiger partial charge < -0.3 is 5.73 Å². The van der Waals surface area contributed by atoms with Gasteiger partial charge in [-0.05, 0) is 19.1 Å². The minimum absolute atomic E-state index is 0.0303. The van der Waals surface area contributed by atoms with Crippen LogP contribution in [0.5, 0.6) is 0 Å². The van der Waals surface area contributed by atoms with Crippen molar-refractivity contribution in [1.29, 1.82) is 0 Å². The van der Waals surface area contributed by atoms with Crippen LogP contribution in [0.4, 0.5) is 0 Å². The lowest BCUT2D eigenvalue weighted by molar-refractivity contribution is 0.0994. The Kier molecular flexibility index (Phi) is 3.74. The molecule has 0 fully saturated rings. The van der Waals surface area contributed by atoms with Crippen LogP contribution in [0.15, 0.2) is 18.2 Å². The van der Waals surface area contributed by atoms with Gasteiger partial charge in [0.25, 0.3) is 10.2 Å². The first-order chi connectivity index (χ1) is 11.2. The molecule has 2 aromatic rings. The van der Waals surface area contributed by atoms with Gasteiger partial charge in [0.15, 0.2) is 5.78 Å². The van der Waals surface area contributed by atoms with E-state index in [9.17, 15) is 18.0 Å². The first-order valence-electron chi connectivity index (χ1n) is 6.97. The number of nitrogens with one attached hydrogen (secondary N) is 1. The molecule has 0 bridgehead atoms. The van der Waals surface area contributed by atoms with Crippen LogP contribution in [0.1, 0.15) is 38.9 Å². The van der Waals surface area contributed by atoms with Crippen molar-refractivity contribution in [3.63, 3.8) is 0 Å². The molecular formula is C14H15N5O4S. The van der Waals surface area contributed by atoms with Gasteiger partial charge in [-0.3, -0.25) is 14.7 Å². The molecule has 1 aliphatic rings. The van der Waals surface area contributed by atoms with Gasteiger partial charge in [0.05, 0.1) is 17.9 Å². The number of nitrogens with two attached hydrogens (primary N) is 2. The molecule has 0 spiro atoms. The topological polar surface area (TPSA) is 152 Å². The molecule has 5 N–H and O–H groups in total. The highest BCUT2D eigenvalue weighted by Crippen LogP contribution is 2.33. The van der Waals surface area contributed by atoms with E-state index in [4.69, 9.17) is 10.9 Å². The van der Waals surface area contributed by atoms with E-state index in [1.807, 2.05) is 0 Å². The Morgan fingerprint density at radius 1 is 1.29 bits per heavy atom. The highest BCUT2D eigenvalue weighted by atomic mass is 32.2. The minimum atomic E-state index is -3.85. The number of H-pyrrole nitrogens is 1. The zero-order chi connectivity index (χ0) is 17.6. The fraction of sp³-hybridized carbons (Fsp3) is 0.214. The van der Waals surface area contributed by atoms with Crippen LogP contribution in [0.25, 0.3) is 11.3 Å². The number of hydrogen-bond donors (Lipinski definition) is 3. The van der Waals surface area contributed by atoms with Crippen molar-refractivity contribution in [2.45, 2.75) is 20.0 Å². The molecule has 1 aromatic carbocycles. The van der Waals surface area contributed by atoms with E-state index in [-0.39, 0.29) is 24.4 Å². The molecule has 1 aliphatic heterocycles. The zero-order valence-electron chi connectivity index (χ0n) is 12.7. The highest BCUT2D eigenvalue weighted by Gasteiger charge is 2.32. The van der Waals surface area contributed by atoms with E-state index in [0.717, 1.165) is 4.31 Å². The molecular weight excluding hydrogens is 334 g/mol. The predicted octanol–water partition coefficient (Wildman–Crippen LogP) is -0.103. The lowest BCUT2D eigenvalue weighted by Gasteiger charge is -2.12. The van der Waals surface area contributed by atoms with Crippen molar-refractivity contribution in [2.75, 3.05) is 0 Å². The number of carbonyl (C=O) groups excluding carboxylic acids is 2. The molecule has 126 valence electrons. The number of hydrogen-bond acceptors (Lipinski definition) is 5. The number of fused-ring (bicyclic) bond motifs is 1. The standard InChI is InChI=1S/C14H15N5O4S/c1-7(20)8-2-3-9(14(15)21)10(4-8)13-11-5-19(24(16,22)23)6-12(11)17-18-13/h2-4H,5-6H2,1H3,(H2,15,21)(H,17,18)(H2,16,22,23). The van der Waals surface area contributed by atoms with Gasteiger partial charge in [0, 0.05) is 28.8 Å². The largest absolute Gasteiger partial charge is 0.366 e. The SMILES string of the molecule is CC(=O)c1ccc(C(N)=O)c(-c2n[nH]c3c2CN(S(N)(=O)=O)C3)c1. The maximum atomic E-state index is 11.7. The summed E-state index contributed by atoms with van der Waals surface area (Å²) in [5, 5.41) is 12.1. The second-order valence-electron chi connectivity index (χ2n) is 5.52. The van der Waals surface area contributed by atoms with Crippen LogP contribution in [0.2, 0.25) is 0 Å². The Bertz CT molecular complexity index is 964. The lowest BCUT2D eigenvalue weighted by Crippen LogP contribution is -2.32. The molecule has 0 aliphatic carbocycles. The number of nitrogens with zero attached hydrogens (tertiary/aromatic N) is 2. The van der Waals surface area contributed by atoms with Crippen LogP contribution < -0.4 is 10.9 Å². The third-order valence-corrected chi connectivity index (χ3v) is 4.91. The maximum absolute atomic E-state index is 11.7. The molecule has 0 unspecified atom stereocenters. The number of aromatic amines is 1. The summed E-state index contributed by atoms with van der Waals surface area (Å²) >= 11 is 0. The summed E-state index contributed by atoms with van der Waals surface area (Å²) in [5.74, 6) is -0.844. The third-order valence-electron chi connectivity index (χ3n) is 3.93. The van der Waals surface area contributed by atoms with Crippen molar-refractivity contribution >= 4 is 21.9 Å². The van der Waals surface area contributed by atoms with Crippen molar-refractivity contribution in [3.05, 3.63) is 40.6 Å². The summed E-state index contributed by atoms with van der Waals surface area (Å²) in [4.78, 5) is 23.3. The van der Waals surface area contributed by atoms with E-state index in [1.165, 1.54) is 25.1 Å². The Labute approximate surface area is 137 Å². The Hall–Kier alpha value is -2.56. The third kappa shape index (κ3) is 2.70. The first-order valence-corrected chi connectivity index (χ1v) is 8.48. The highest BCUT2D eigenvalue weighted by molar-refractivity contribution is 7.86. The van der Waals surface area contributed by atoms with Gasteiger partial charge in [0.2, 0.25) is 5.91 Å². The summed E-state index contributed by atoms with van der Waals surface area (Å²) in [6.07, 6.45) is 0. The summed E-state index contributed by atoms with van der Waals surface area (Å²) in [6.45, 7) is 1.50. The summed E-state index contributed by atoms with van der Waals surface area (Å²) in [5.41, 5.74) is 7.95. The van der Waals surface area contributed by atoms with E-state index in [0.29, 0.717) is 28.1 Å². The number of benzene rings is 1. The molecule has 0 radical (unpaired) electrons. The van der Waals surface area contributed by atoms with E-state index in [2.05, 4.69) is 10.2 Å². The van der Waals surface area contributed by atoms with Crippen molar-refractivity contribution < 1.29 is 18.0 Å². The molecule has 24 heavy (non-hydrogen) atoms. The van der Waals surface area contributed by atoms with Crippen molar-refractivity contribution in [1.82, 2.24) is 14.5 Å². The Morgan fingerprint density at radius 3 is 2.58 bits per heavy atom. The normalized spacial score (nSPS) is 14.6. The van der Waals surface area contributed by atoms with E-state index >= 15 is 0 Å². The molecule has 3 rings (SSSR count). The second kappa shape index (κ2) is 5.51.